The first-order valence-electron chi connectivity index (χ1n) is 6.65. The third-order valence-corrected chi connectivity index (χ3v) is 3.05. The average Bonchev–Trinajstić information content (AvgIpc) is 2.31. The molecule has 96 valence electrons. The van der Waals surface area contributed by atoms with Gasteiger partial charge in [-0.15, -0.1) is 0 Å². The van der Waals surface area contributed by atoms with Crippen LogP contribution in [0.5, 0.6) is 5.75 Å². The third-order valence-electron chi connectivity index (χ3n) is 3.05. The van der Waals surface area contributed by atoms with E-state index in [9.17, 15) is 0 Å². The summed E-state index contributed by atoms with van der Waals surface area (Å²) in [5, 5.41) is 3.32. The van der Waals surface area contributed by atoms with Crippen LogP contribution in [0.3, 0.4) is 0 Å². The molecule has 0 spiro atoms. The minimum Gasteiger partial charge on any atom is -0.491 e. The largest absolute Gasteiger partial charge is 0.491 e. The van der Waals surface area contributed by atoms with E-state index in [-0.39, 0.29) is 0 Å². The van der Waals surface area contributed by atoms with Crippen molar-refractivity contribution < 1.29 is 4.74 Å². The highest BCUT2D eigenvalue weighted by molar-refractivity contribution is 5.30. The molecule has 2 unspecified atom stereocenters. The number of nitrogens with one attached hydrogen (secondary N) is 1. The predicted molar refractivity (Wildman–Crippen MR) is 73.5 cm³/mol. The topological polar surface area (TPSA) is 21.3 Å². The molecule has 1 N–H and O–H groups in total. The summed E-state index contributed by atoms with van der Waals surface area (Å²) >= 11 is 0. The van der Waals surface area contributed by atoms with Crippen LogP contribution < -0.4 is 10.1 Å². The monoisotopic (exact) mass is 235 g/mol. The van der Waals surface area contributed by atoms with Crippen molar-refractivity contribution in [2.75, 3.05) is 7.05 Å². The van der Waals surface area contributed by atoms with Gasteiger partial charge >= 0.3 is 0 Å². The Balaban J connectivity index is 2.71. The Morgan fingerprint density at radius 3 is 2.65 bits per heavy atom. The Morgan fingerprint density at radius 2 is 2.06 bits per heavy atom. The molecule has 0 aliphatic carbocycles. The maximum Gasteiger partial charge on any atom is 0.120 e. The fraction of sp³-hybridized carbons (Fsp3) is 0.600. The van der Waals surface area contributed by atoms with E-state index in [4.69, 9.17) is 4.74 Å². The van der Waals surface area contributed by atoms with Gasteiger partial charge in [0.15, 0.2) is 0 Å². The first-order valence-corrected chi connectivity index (χ1v) is 6.65. The molecule has 0 radical (unpaired) electrons. The van der Waals surface area contributed by atoms with Crippen molar-refractivity contribution in [1.82, 2.24) is 5.32 Å². The van der Waals surface area contributed by atoms with E-state index in [1.807, 2.05) is 13.1 Å². The molecule has 2 nitrogen and oxygen atoms in total. The Kier molecular flexibility index (Phi) is 6.06. The lowest BCUT2D eigenvalue weighted by molar-refractivity contribution is 0.209. The van der Waals surface area contributed by atoms with E-state index in [0.717, 1.165) is 25.0 Å². The summed E-state index contributed by atoms with van der Waals surface area (Å²) in [5.41, 5.74) is 1.30. The summed E-state index contributed by atoms with van der Waals surface area (Å²) in [6, 6.07) is 8.83. The van der Waals surface area contributed by atoms with E-state index < -0.39 is 0 Å². The minimum absolute atomic E-state index is 0.296. The smallest absolute Gasteiger partial charge is 0.120 e. The van der Waals surface area contributed by atoms with Gasteiger partial charge in [-0.05, 0) is 44.5 Å². The molecule has 0 bridgehead atoms. The lowest BCUT2D eigenvalue weighted by Crippen LogP contribution is -2.16. The van der Waals surface area contributed by atoms with Gasteiger partial charge < -0.3 is 10.1 Å². The molecular weight excluding hydrogens is 210 g/mol. The minimum atomic E-state index is 0.296. The lowest BCUT2D eigenvalue weighted by Gasteiger charge is -2.18. The highest BCUT2D eigenvalue weighted by Crippen LogP contribution is 2.22. The van der Waals surface area contributed by atoms with Gasteiger partial charge in [0.05, 0.1) is 6.10 Å². The highest BCUT2D eigenvalue weighted by Gasteiger charge is 2.08. The number of ether oxygens (including phenoxy) is 1. The first-order chi connectivity index (χ1) is 8.21. The molecule has 1 aromatic carbocycles. The Bertz CT molecular complexity index is 320. The van der Waals surface area contributed by atoms with Gasteiger partial charge in [-0.3, -0.25) is 0 Å². The summed E-state index contributed by atoms with van der Waals surface area (Å²) in [5.74, 6) is 0.983. The molecule has 0 heterocycles. The van der Waals surface area contributed by atoms with Crippen molar-refractivity contribution in [3.8, 4) is 5.75 Å². The Labute approximate surface area is 105 Å². The molecule has 1 rings (SSSR count). The second-order valence-corrected chi connectivity index (χ2v) is 4.54. The molecule has 1 aromatic rings. The molecule has 0 saturated heterocycles. The second kappa shape index (κ2) is 7.33. The van der Waals surface area contributed by atoms with Crippen LogP contribution in [0.2, 0.25) is 0 Å². The Hall–Kier alpha value is -1.02. The Morgan fingerprint density at radius 1 is 1.29 bits per heavy atom. The maximum atomic E-state index is 5.91. The number of hydrogen-bond acceptors (Lipinski definition) is 2. The first kappa shape index (κ1) is 14.0. The van der Waals surface area contributed by atoms with E-state index in [2.05, 4.69) is 44.3 Å². The fourth-order valence-electron chi connectivity index (χ4n) is 2.11. The number of hydrogen-bond donors (Lipinski definition) is 1. The predicted octanol–water partition coefficient (Wildman–Crippen LogP) is 3.92. The van der Waals surface area contributed by atoms with Gasteiger partial charge in [-0.1, -0.05) is 32.4 Å². The van der Waals surface area contributed by atoms with Gasteiger partial charge in [0, 0.05) is 6.04 Å². The molecule has 2 heteroatoms. The summed E-state index contributed by atoms with van der Waals surface area (Å²) in [4.78, 5) is 0. The van der Waals surface area contributed by atoms with Crippen molar-refractivity contribution in [2.45, 2.75) is 52.2 Å². The zero-order valence-electron chi connectivity index (χ0n) is 11.5. The summed E-state index contributed by atoms with van der Waals surface area (Å²) in [6.07, 6.45) is 3.65. The molecular formula is C15H25NO. The molecule has 0 aliphatic rings. The van der Waals surface area contributed by atoms with Crippen LogP contribution in [0.15, 0.2) is 24.3 Å². The van der Waals surface area contributed by atoms with Crippen molar-refractivity contribution in [3.63, 3.8) is 0 Å². The van der Waals surface area contributed by atoms with Crippen molar-refractivity contribution in [2.24, 2.45) is 0 Å². The van der Waals surface area contributed by atoms with Crippen LogP contribution in [0.4, 0.5) is 0 Å². The molecule has 0 aliphatic heterocycles. The van der Waals surface area contributed by atoms with E-state index in [1.165, 1.54) is 5.56 Å². The van der Waals surface area contributed by atoms with Crippen LogP contribution in [0, 0.1) is 0 Å². The fourth-order valence-corrected chi connectivity index (χ4v) is 2.11. The third kappa shape index (κ3) is 4.39. The second-order valence-electron chi connectivity index (χ2n) is 4.54. The molecule has 0 aromatic heterocycles. The van der Waals surface area contributed by atoms with Gasteiger partial charge in [-0.2, -0.15) is 0 Å². The highest BCUT2D eigenvalue weighted by atomic mass is 16.5. The van der Waals surface area contributed by atoms with Crippen LogP contribution in [0.1, 0.15) is 51.6 Å². The number of rotatable bonds is 7. The molecule has 0 fully saturated rings. The van der Waals surface area contributed by atoms with Gasteiger partial charge in [-0.25, -0.2) is 0 Å². The van der Waals surface area contributed by atoms with Gasteiger partial charge in [0.25, 0.3) is 0 Å². The molecule has 17 heavy (non-hydrogen) atoms. The van der Waals surface area contributed by atoms with E-state index in [0.29, 0.717) is 12.1 Å². The van der Waals surface area contributed by atoms with Crippen LogP contribution >= 0.6 is 0 Å². The maximum absolute atomic E-state index is 5.91. The van der Waals surface area contributed by atoms with Crippen molar-refractivity contribution >= 4 is 0 Å². The lowest BCUT2D eigenvalue weighted by atomic mass is 10.0. The summed E-state index contributed by atoms with van der Waals surface area (Å²) in [7, 11) is 2.00. The zero-order valence-corrected chi connectivity index (χ0v) is 11.5. The van der Waals surface area contributed by atoms with E-state index >= 15 is 0 Å². The van der Waals surface area contributed by atoms with Gasteiger partial charge in [0.1, 0.15) is 5.75 Å². The van der Waals surface area contributed by atoms with Crippen molar-refractivity contribution in [1.29, 1.82) is 0 Å². The zero-order chi connectivity index (χ0) is 12.7. The molecule has 0 saturated carbocycles. The van der Waals surface area contributed by atoms with E-state index in [1.54, 1.807) is 0 Å². The standard InChI is InChI=1S/C15H25NO/c1-5-8-12(3)17-14-10-7-9-13(11-14)15(6-2)16-4/h7,9-12,15-16H,5-6,8H2,1-4H3. The number of benzene rings is 1. The van der Waals surface area contributed by atoms with Crippen LogP contribution in [-0.2, 0) is 0 Å². The molecule has 0 amide bonds. The normalized spacial score (nSPS) is 14.4. The molecule has 2 atom stereocenters. The average molecular weight is 235 g/mol. The van der Waals surface area contributed by atoms with Crippen LogP contribution in [0.25, 0.3) is 0 Å². The summed E-state index contributed by atoms with van der Waals surface area (Å²) in [6.45, 7) is 6.50. The van der Waals surface area contributed by atoms with Crippen molar-refractivity contribution in [3.05, 3.63) is 29.8 Å². The SMILES string of the molecule is CCCC(C)Oc1cccc(C(CC)NC)c1. The quantitative estimate of drug-likeness (QED) is 0.773. The van der Waals surface area contributed by atoms with Gasteiger partial charge in [0.2, 0.25) is 0 Å². The summed E-state index contributed by atoms with van der Waals surface area (Å²) < 4.78 is 5.91. The van der Waals surface area contributed by atoms with Crippen LogP contribution in [-0.4, -0.2) is 13.2 Å².